The van der Waals surface area contributed by atoms with E-state index < -0.39 is 0 Å². The molecule has 0 bridgehead atoms. The third kappa shape index (κ3) is 5.27. The van der Waals surface area contributed by atoms with E-state index in [2.05, 4.69) is 26.6 Å². The second-order valence-electron chi connectivity index (χ2n) is 8.44. The molecule has 5 nitrogen and oxygen atoms in total. The van der Waals surface area contributed by atoms with Crippen LogP contribution in [0.1, 0.15) is 67.3 Å². The Morgan fingerprint density at radius 3 is 2.61 bits per heavy atom. The van der Waals surface area contributed by atoms with Gasteiger partial charge in [0.05, 0.1) is 0 Å². The minimum Gasteiger partial charge on any atom is -0.356 e. The van der Waals surface area contributed by atoms with Crippen molar-refractivity contribution in [2.24, 2.45) is 10.4 Å². The van der Waals surface area contributed by atoms with Crippen molar-refractivity contribution in [2.45, 2.75) is 57.8 Å². The summed E-state index contributed by atoms with van der Waals surface area (Å²) in [5, 5.41) is 6.25. The molecule has 154 valence electrons. The van der Waals surface area contributed by atoms with Crippen LogP contribution in [0, 0.1) is 5.41 Å². The van der Waals surface area contributed by atoms with E-state index in [1.54, 1.807) is 7.05 Å². The second kappa shape index (κ2) is 9.94. The van der Waals surface area contributed by atoms with E-state index in [1.165, 1.54) is 56.9 Å². The number of guanidine groups is 1. The van der Waals surface area contributed by atoms with E-state index in [0.29, 0.717) is 5.41 Å². The summed E-state index contributed by atoms with van der Waals surface area (Å²) in [5.41, 5.74) is 2.40. The SMILES string of the molecule is CN=C(NCCc1cccc(C(=O)NC)c1)N1CCCC2(CCCCCC2)C1. The Bertz CT molecular complexity index is 677. The molecular weight excluding hydrogens is 348 g/mol. The minimum absolute atomic E-state index is 0.0346. The highest BCUT2D eigenvalue weighted by molar-refractivity contribution is 5.94. The largest absolute Gasteiger partial charge is 0.356 e. The maximum absolute atomic E-state index is 11.8. The summed E-state index contributed by atoms with van der Waals surface area (Å²) in [5.74, 6) is 0.999. The molecular formula is C23H36N4O. The lowest BCUT2D eigenvalue weighted by Crippen LogP contribution is -2.50. The monoisotopic (exact) mass is 384 g/mol. The lowest BCUT2D eigenvalue weighted by atomic mass is 9.74. The van der Waals surface area contributed by atoms with Gasteiger partial charge < -0.3 is 15.5 Å². The van der Waals surface area contributed by atoms with Crippen LogP contribution in [0.15, 0.2) is 29.3 Å². The number of piperidine rings is 1. The van der Waals surface area contributed by atoms with Crippen LogP contribution < -0.4 is 10.6 Å². The number of nitrogens with one attached hydrogen (secondary N) is 2. The molecule has 1 saturated carbocycles. The Morgan fingerprint density at radius 2 is 1.89 bits per heavy atom. The first kappa shape index (κ1) is 20.7. The zero-order chi connectivity index (χ0) is 19.8. The summed E-state index contributed by atoms with van der Waals surface area (Å²) in [7, 11) is 3.56. The van der Waals surface area contributed by atoms with Crippen LogP contribution in [0.2, 0.25) is 0 Å². The second-order valence-corrected chi connectivity index (χ2v) is 8.44. The summed E-state index contributed by atoms with van der Waals surface area (Å²) < 4.78 is 0. The Morgan fingerprint density at radius 1 is 1.14 bits per heavy atom. The van der Waals surface area contributed by atoms with Crippen LogP contribution >= 0.6 is 0 Å². The van der Waals surface area contributed by atoms with Crippen molar-refractivity contribution in [1.29, 1.82) is 0 Å². The number of carbonyl (C=O) groups excluding carboxylic acids is 1. The first-order valence-corrected chi connectivity index (χ1v) is 10.9. The van der Waals surface area contributed by atoms with Crippen molar-refractivity contribution in [2.75, 3.05) is 33.7 Å². The van der Waals surface area contributed by atoms with Crippen LogP contribution in [0.5, 0.6) is 0 Å². The zero-order valence-corrected chi connectivity index (χ0v) is 17.6. The van der Waals surface area contributed by atoms with Gasteiger partial charge in [-0.15, -0.1) is 0 Å². The van der Waals surface area contributed by atoms with Gasteiger partial charge in [0.2, 0.25) is 0 Å². The Labute approximate surface area is 170 Å². The Hall–Kier alpha value is -2.04. The highest BCUT2D eigenvalue weighted by atomic mass is 16.1. The van der Waals surface area contributed by atoms with Gasteiger partial charge in [-0.1, -0.05) is 37.8 Å². The fourth-order valence-corrected chi connectivity index (χ4v) is 4.94. The summed E-state index contributed by atoms with van der Waals surface area (Å²) >= 11 is 0. The molecule has 1 aromatic carbocycles. The van der Waals surface area contributed by atoms with Gasteiger partial charge in [-0.3, -0.25) is 9.79 Å². The third-order valence-corrected chi connectivity index (χ3v) is 6.45. The van der Waals surface area contributed by atoms with Gasteiger partial charge in [-0.2, -0.15) is 0 Å². The van der Waals surface area contributed by atoms with Crippen molar-refractivity contribution >= 4 is 11.9 Å². The van der Waals surface area contributed by atoms with Crippen LogP contribution in [0.25, 0.3) is 0 Å². The number of carbonyl (C=O) groups is 1. The molecule has 3 rings (SSSR count). The van der Waals surface area contributed by atoms with Crippen LogP contribution in [0.3, 0.4) is 0 Å². The number of hydrogen-bond donors (Lipinski definition) is 2. The minimum atomic E-state index is -0.0346. The van der Waals surface area contributed by atoms with Gasteiger partial charge in [-0.05, 0) is 55.2 Å². The first-order chi connectivity index (χ1) is 13.7. The summed E-state index contributed by atoms with van der Waals surface area (Å²) in [4.78, 5) is 18.9. The molecule has 0 unspecified atom stereocenters. The summed E-state index contributed by atoms with van der Waals surface area (Å²) in [6, 6.07) is 7.87. The first-order valence-electron chi connectivity index (χ1n) is 10.9. The molecule has 0 atom stereocenters. The molecule has 5 heteroatoms. The number of amides is 1. The normalized spacial score (nSPS) is 19.9. The fraction of sp³-hybridized carbons (Fsp3) is 0.652. The average molecular weight is 385 g/mol. The lowest BCUT2D eigenvalue weighted by Gasteiger charge is -2.44. The standard InChI is InChI=1S/C23H36N4O/c1-24-21(28)20-10-7-9-19(17-20)11-15-26-22(25-2)27-16-8-14-23(18-27)12-5-3-4-6-13-23/h7,9-10,17H,3-6,8,11-16,18H2,1-2H3,(H,24,28)(H,25,26). The van der Waals surface area contributed by atoms with Gasteiger partial charge in [0.15, 0.2) is 5.96 Å². The fourth-order valence-electron chi connectivity index (χ4n) is 4.94. The lowest BCUT2D eigenvalue weighted by molar-refractivity contribution is 0.0963. The highest BCUT2D eigenvalue weighted by Gasteiger charge is 2.36. The van der Waals surface area contributed by atoms with Gasteiger partial charge in [-0.25, -0.2) is 0 Å². The van der Waals surface area contributed by atoms with E-state index in [4.69, 9.17) is 0 Å². The molecule has 2 N–H and O–H groups in total. The molecule has 1 spiro atoms. The average Bonchev–Trinajstić information content (AvgIpc) is 2.96. The van der Waals surface area contributed by atoms with Crippen molar-refractivity contribution in [1.82, 2.24) is 15.5 Å². The Balaban J connectivity index is 1.55. The van der Waals surface area contributed by atoms with Crippen LogP contribution in [-0.4, -0.2) is 50.5 Å². The van der Waals surface area contributed by atoms with Gasteiger partial charge >= 0.3 is 0 Å². The molecule has 0 radical (unpaired) electrons. The number of likely N-dealkylation sites (tertiary alicyclic amines) is 1. The number of nitrogens with zero attached hydrogens (tertiary/aromatic N) is 2. The van der Waals surface area contributed by atoms with Gasteiger partial charge in [0, 0.05) is 39.3 Å². The van der Waals surface area contributed by atoms with Crippen LogP contribution in [0.4, 0.5) is 0 Å². The van der Waals surface area contributed by atoms with E-state index >= 15 is 0 Å². The third-order valence-electron chi connectivity index (χ3n) is 6.45. The van der Waals surface area contributed by atoms with Crippen molar-refractivity contribution in [3.63, 3.8) is 0 Å². The van der Waals surface area contributed by atoms with E-state index in [0.717, 1.165) is 37.6 Å². The summed E-state index contributed by atoms with van der Waals surface area (Å²) in [6.45, 7) is 3.08. The predicted octanol–water partition coefficient (Wildman–Crippen LogP) is 3.60. The number of hydrogen-bond acceptors (Lipinski definition) is 2. The molecule has 0 aromatic heterocycles. The van der Waals surface area contributed by atoms with E-state index in [-0.39, 0.29) is 5.91 Å². The number of benzene rings is 1. The van der Waals surface area contributed by atoms with Crippen molar-refractivity contribution < 1.29 is 4.79 Å². The van der Waals surface area contributed by atoms with E-state index in [1.807, 2.05) is 25.2 Å². The summed E-state index contributed by atoms with van der Waals surface area (Å²) in [6.07, 6.45) is 11.9. The van der Waals surface area contributed by atoms with Gasteiger partial charge in [0.25, 0.3) is 5.91 Å². The van der Waals surface area contributed by atoms with Gasteiger partial charge in [0.1, 0.15) is 0 Å². The van der Waals surface area contributed by atoms with Crippen molar-refractivity contribution in [3.8, 4) is 0 Å². The molecule has 28 heavy (non-hydrogen) atoms. The van der Waals surface area contributed by atoms with Crippen LogP contribution in [-0.2, 0) is 6.42 Å². The molecule has 2 aliphatic rings. The molecule has 1 aromatic rings. The maximum Gasteiger partial charge on any atom is 0.251 e. The number of aliphatic imine (C=N–C) groups is 1. The number of rotatable bonds is 4. The molecule has 1 saturated heterocycles. The van der Waals surface area contributed by atoms with Crippen molar-refractivity contribution in [3.05, 3.63) is 35.4 Å². The smallest absolute Gasteiger partial charge is 0.251 e. The highest BCUT2D eigenvalue weighted by Crippen LogP contribution is 2.42. The molecule has 1 heterocycles. The maximum atomic E-state index is 11.8. The topological polar surface area (TPSA) is 56.7 Å². The molecule has 2 fully saturated rings. The quantitative estimate of drug-likeness (QED) is 0.616. The molecule has 1 amide bonds. The Kier molecular flexibility index (Phi) is 7.35. The molecule has 1 aliphatic carbocycles. The zero-order valence-electron chi connectivity index (χ0n) is 17.6. The predicted molar refractivity (Wildman–Crippen MR) is 116 cm³/mol. The van der Waals surface area contributed by atoms with E-state index in [9.17, 15) is 4.79 Å². The molecule has 1 aliphatic heterocycles.